The smallest absolute Gasteiger partial charge is 0.311 e. The third kappa shape index (κ3) is 2.26. The summed E-state index contributed by atoms with van der Waals surface area (Å²) < 4.78 is 27.1. The van der Waals surface area contributed by atoms with Crippen molar-refractivity contribution in [2.45, 2.75) is 37.5 Å². The average molecular weight is 309 g/mol. The molecule has 2 saturated carbocycles. The molecule has 0 spiro atoms. The molecule has 0 saturated heterocycles. The molecule has 0 radical (unpaired) electrons. The van der Waals surface area contributed by atoms with E-state index in [0.717, 1.165) is 18.6 Å². The number of nitrogens with one attached hydrogen (secondary N) is 1. The minimum atomic E-state index is -0.994. The fourth-order valence-electron chi connectivity index (χ4n) is 3.06. The van der Waals surface area contributed by atoms with Gasteiger partial charge >= 0.3 is 5.97 Å². The van der Waals surface area contributed by atoms with Gasteiger partial charge in [-0.05, 0) is 31.7 Å². The van der Waals surface area contributed by atoms with Gasteiger partial charge in [-0.3, -0.25) is 9.59 Å². The first kappa shape index (κ1) is 14.9. The SMILES string of the molecule is O=C(O)C1(CNC(=O)C2(c3ccc(F)cc3F)CCC2)CC1. The lowest BCUT2D eigenvalue weighted by molar-refractivity contribution is -0.143. The van der Waals surface area contributed by atoms with E-state index in [1.54, 1.807) is 0 Å². The molecular weight excluding hydrogens is 292 g/mol. The molecule has 1 aromatic carbocycles. The molecule has 0 bridgehead atoms. The third-order valence-electron chi connectivity index (χ3n) is 4.98. The quantitative estimate of drug-likeness (QED) is 0.877. The molecule has 4 nitrogen and oxygen atoms in total. The van der Waals surface area contributed by atoms with Crippen molar-refractivity contribution < 1.29 is 23.5 Å². The third-order valence-corrected chi connectivity index (χ3v) is 4.98. The van der Waals surface area contributed by atoms with Gasteiger partial charge in [-0.2, -0.15) is 0 Å². The van der Waals surface area contributed by atoms with Crippen LogP contribution in [0.4, 0.5) is 8.78 Å². The first-order chi connectivity index (χ1) is 10.4. The summed E-state index contributed by atoms with van der Waals surface area (Å²) >= 11 is 0. The lowest BCUT2D eigenvalue weighted by Crippen LogP contribution is -2.51. The number of hydrogen-bond donors (Lipinski definition) is 2. The van der Waals surface area contributed by atoms with Gasteiger partial charge < -0.3 is 10.4 Å². The van der Waals surface area contributed by atoms with E-state index in [2.05, 4.69) is 5.32 Å². The van der Waals surface area contributed by atoms with Crippen LogP contribution >= 0.6 is 0 Å². The second-order valence-electron chi connectivity index (χ2n) is 6.33. The second-order valence-corrected chi connectivity index (χ2v) is 6.33. The molecule has 0 heterocycles. The fourth-order valence-corrected chi connectivity index (χ4v) is 3.06. The highest BCUT2D eigenvalue weighted by molar-refractivity contribution is 5.90. The minimum absolute atomic E-state index is 0.0612. The van der Waals surface area contributed by atoms with Gasteiger partial charge in [0.2, 0.25) is 5.91 Å². The number of hydrogen-bond acceptors (Lipinski definition) is 2. The van der Waals surface area contributed by atoms with Gasteiger partial charge in [0.25, 0.3) is 0 Å². The van der Waals surface area contributed by atoms with Crippen molar-refractivity contribution in [1.29, 1.82) is 0 Å². The lowest BCUT2D eigenvalue weighted by Gasteiger charge is -2.41. The Hall–Kier alpha value is -1.98. The van der Waals surface area contributed by atoms with Crippen LogP contribution in [-0.2, 0) is 15.0 Å². The molecule has 22 heavy (non-hydrogen) atoms. The molecule has 1 amide bonds. The van der Waals surface area contributed by atoms with Crippen LogP contribution in [0.25, 0.3) is 0 Å². The second kappa shape index (κ2) is 5.04. The van der Waals surface area contributed by atoms with Crippen LogP contribution in [0.3, 0.4) is 0 Å². The Balaban J connectivity index is 1.78. The standard InChI is InChI=1S/C16H17F2NO3/c17-10-2-3-11(12(18)8-10)16(4-1-5-16)13(20)19-9-15(6-7-15)14(21)22/h2-3,8H,1,4-7,9H2,(H,19,20)(H,21,22). The number of carbonyl (C=O) groups excluding carboxylic acids is 1. The van der Waals surface area contributed by atoms with E-state index in [-0.39, 0.29) is 18.0 Å². The Kier molecular flexibility index (Phi) is 3.42. The van der Waals surface area contributed by atoms with E-state index in [4.69, 9.17) is 5.11 Å². The number of halogens is 2. The summed E-state index contributed by atoms with van der Waals surface area (Å²) in [5, 5.41) is 11.8. The maximum atomic E-state index is 14.0. The molecule has 6 heteroatoms. The normalized spacial score (nSPS) is 20.8. The predicted octanol–water partition coefficient (Wildman–Crippen LogP) is 2.37. The maximum absolute atomic E-state index is 14.0. The van der Waals surface area contributed by atoms with Crippen molar-refractivity contribution in [2.75, 3.05) is 6.54 Å². The minimum Gasteiger partial charge on any atom is -0.481 e. The molecule has 2 N–H and O–H groups in total. The Morgan fingerprint density at radius 3 is 2.32 bits per heavy atom. The highest BCUT2D eigenvalue weighted by atomic mass is 19.1. The van der Waals surface area contributed by atoms with Crippen molar-refractivity contribution in [3.63, 3.8) is 0 Å². The Morgan fingerprint density at radius 2 is 1.86 bits per heavy atom. The molecule has 118 valence electrons. The van der Waals surface area contributed by atoms with Crippen molar-refractivity contribution >= 4 is 11.9 Å². The molecule has 0 aliphatic heterocycles. The zero-order valence-corrected chi connectivity index (χ0v) is 12.0. The van der Waals surface area contributed by atoms with Gasteiger partial charge in [-0.25, -0.2) is 8.78 Å². The van der Waals surface area contributed by atoms with Crippen LogP contribution in [0.1, 0.15) is 37.7 Å². The van der Waals surface area contributed by atoms with E-state index >= 15 is 0 Å². The molecule has 2 aliphatic carbocycles. The number of carboxylic acids is 1. The largest absolute Gasteiger partial charge is 0.481 e. The summed E-state index contributed by atoms with van der Waals surface area (Å²) in [6.07, 6.45) is 2.85. The van der Waals surface area contributed by atoms with Crippen molar-refractivity contribution in [2.24, 2.45) is 5.41 Å². The Labute approximate surface area is 126 Å². The van der Waals surface area contributed by atoms with Gasteiger partial charge in [-0.1, -0.05) is 12.5 Å². The number of carboxylic acid groups (broad SMARTS) is 1. The Morgan fingerprint density at radius 1 is 1.18 bits per heavy atom. The van der Waals surface area contributed by atoms with Crippen LogP contribution in [0.2, 0.25) is 0 Å². The number of benzene rings is 1. The Bertz CT molecular complexity index is 636. The van der Waals surface area contributed by atoms with E-state index in [9.17, 15) is 18.4 Å². The molecule has 0 atom stereocenters. The predicted molar refractivity (Wildman–Crippen MR) is 74.2 cm³/mol. The van der Waals surface area contributed by atoms with E-state index in [1.165, 1.54) is 6.07 Å². The summed E-state index contributed by atoms with van der Waals surface area (Å²) in [5.74, 6) is -2.69. The van der Waals surface area contributed by atoms with Gasteiger partial charge in [0.05, 0.1) is 10.8 Å². The monoisotopic (exact) mass is 309 g/mol. The summed E-state index contributed by atoms with van der Waals surface area (Å²) in [5.41, 5.74) is -1.66. The van der Waals surface area contributed by atoms with Crippen LogP contribution in [0, 0.1) is 17.0 Å². The van der Waals surface area contributed by atoms with Crippen LogP contribution in [-0.4, -0.2) is 23.5 Å². The van der Waals surface area contributed by atoms with E-state index in [1.807, 2.05) is 0 Å². The number of aliphatic carboxylic acids is 1. The van der Waals surface area contributed by atoms with E-state index in [0.29, 0.717) is 25.7 Å². The number of rotatable bonds is 5. The van der Waals surface area contributed by atoms with Crippen molar-refractivity contribution in [3.8, 4) is 0 Å². The summed E-state index contributed by atoms with van der Waals surface area (Å²) in [6, 6.07) is 3.24. The average Bonchev–Trinajstić information content (AvgIpc) is 3.18. The molecule has 0 aromatic heterocycles. The highest BCUT2D eigenvalue weighted by Crippen LogP contribution is 2.47. The number of carbonyl (C=O) groups is 2. The maximum Gasteiger partial charge on any atom is 0.311 e. The zero-order valence-electron chi connectivity index (χ0n) is 12.0. The number of amides is 1. The molecule has 0 unspecified atom stereocenters. The van der Waals surface area contributed by atoms with Gasteiger partial charge in [0.1, 0.15) is 11.6 Å². The van der Waals surface area contributed by atoms with Crippen LogP contribution in [0.5, 0.6) is 0 Å². The topological polar surface area (TPSA) is 66.4 Å². The van der Waals surface area contributed by atoms with E-state index < -0.39 is 28.4 Å². The summed E-state index contributed by atoms with van der Waals surface area (Å²) in [7, 11) is 0. The van der Waals surface area contributed by atoms with Crippen LogP contribution in [0.15, 0.2) is 18.2 Å². The molecule has 1 aromatic rings. The zero-order chi connectivity index (χ0) is 16.0. The molecular formula is C16H17F2NO3. The molecule has 3 rings (SSSR count). The van der Waals surface area contributed by atoms with Crippen molar-refractivity contribution in [3.05, 3.63) is 35.4 Å². The molecule has 2 fully saturated rings. The first-order valence-electron chi connectivity index (χ1n) is 7.37. The highest BCUT2D eigenvalue weighted by Gasteiger charge is 2.52. The molecule has 2 aliphatic rings. The van der Waals surface area contributed by atoms with Crippen molar-refractivity contribution in [1.82, 2.24) is 5.32 Å². The van der Waals surface area contributed by atoms with Gasteiger partial charge in [0, 0.05) is 18.2 Å². The van der Waals surface area contributed by atoms with Gasteiger partial charge in [0.15, 0.2) is 0 Å². The van der Waals surface area contributed by atoms with Crippen LogP contribution < -0.4 is 5.32 Å². The summed E-state index contributed by atoms with van der Waals surface area (Å²) in [6.45, 7) is 0.0612. The lowest BCUT2D eigenvalue weighted by atomic mass is 9.63. The fraction of sp³-hybridized carbons (Fsp3) is 0.500. The summed E-state index contributed by atoms with van der Waals surface area (Å²) in [4.78, 5) is 23.7. The van der Waals surface area contributed by atoms with Gasteiger partial charge in [-0.15, -0.1) is 0 Å². The first-order valence-corrected chi connectivity index (χ1v) is 7.37.